The van der Waals surface area contributed by atoms with E-state index in [1.807, 2.05) is 30.4 Å². The topological polar surface area (TPSA) is 108 Å². The van der Waals surface area contributed by atoms with Crippen molar-refractivity contribution in [1.82, 2.24) is 18.7 Å². The van der Waals surface area contributed by atoms with Crippen molar-refractivity contribution in [2.45, 2.75) is 39.0 Å². The second kappa shape index (κ2) is 6.55. The zero-order valence-corrected chi connectivity index (χ0v) is 15.0. The van der Waals surface area contributed by atoms with Crippen LogP contribution in [0.5, 0.6) is 0 Å². The van der Waals surface area contributed by atoms with E-state index >= 15 is 0 Å². The standard InChI is InChI=1S/C19H21N5O3/c1-12-10-22(18(26)21-17(12)25)7-2-3-8-23-15-6-4-5-13-9-14(20)11-24(16(13)15)19(23)27/h2-6,10,14H,7-9,11,20H2,1H3,(H,21,25,26)/b3-2-. The Bertz CT molecular complexity index is 1220. The van der Waals surface area contributed by atoms with E-state index in [0.717, 1.165) is 23.0 Å². The lowest BCUT2D eigenvalue weighted by atomic mass is 10.0. The quantitative estimate of drug-likeness (QED) is 0.638. The van der Waals surface area contributed by atoms with E-state index in [9.17, 15) is 14.4 Å². The van der Waals surface area contributed by atoms with Crippen LogP contribution in [0, 0.1) is 6.92 Å². The summed E-state index contributed by atoms with van der Waals surface area (Å²) in [5, 5.41) is 0. The molecule has 1 aromatic carbocycles. The van der Waals surface area contributed by atoms with Crippen molar-refractivity contribution >= 4 is 11.0 Å². The smallest absolute Gasteiger partial charge is 0.326 e. The van der Waals surface area contributed by atoms with Gasteiger partial charge in [-0.25, -0.2) is 9.59 Å². The van der Waals surface area contributed by atoms with Gasteiger partial charge in [-0.2, -0.15) is 0 Å². The van der Waals surface area contributed by atoms with Crippen LogP contribution < -0.4 is 22.7 Å². The number of rotatable bonds is 4. The molecule has 4 rings (SSSR count). The van der Waals surface area contributed by atoms with Crippen LogP contribution in [0.25, 0.3) is 11.0 Å². The first-order valence-corrected chi connectivity index (χ1v) is 8.87. The zero-order chi connectivity index (χ0) is 19.1. The number of imidazole rings is 1. The van der Waals surface area contributed by atoms with Crippen LogP contribution in [-0.4, -0.2) is 24.7 Å². The molecular weight excluding hydrogens is 346 g/mol. The molecule has 1 aliphatic heterocycles. The van der Waals surface area contributed by atoms with Gasteiger partial charge in [-0.3, -0.25) is 23.5 Å². The Hall–Kier alpha value is -3.13. The van der Waals surface area contributed by atoms with Crippen molar-refractivity contribution in [2.24, 2.45) is 5.73 Å². The molecule has 0 bridgehead atoms. The highest BCUT2D eigenvalue weighted by molar-refractivity contribution is 5.80. The van der Waals surface area contributed by atoms with Crippen LogP contribution in [0.2, 0.25) is 0 Å². The van der Waals surface area contributed by atoms with E-state index in [4.69, 9.17) is 5.73 Å². The van der Waals surface area contributed by atoms with Crippen LogP contribution in [0.3, 0.4) is 0 Å². The van der Waals surface area contributed by atoms with Crippen molar-refractivity contribution in [2.75, 3.05) is 0 Å². The molecule has 8 nitrogen and oxygen atoms in total. The number of nitrogens with zero attached hydrogens (tertiary/aromatic N) is 3. The summed E-state index contributed by atoms with van der Waals surface area (Å²) in [6.45, 7) is 2.89. The Morgan fingerprint density at radius 3 is 2.81 bits per heavy atom. The third-order valence-electron chi connectivity index (χ3n) is 4.97. The number of nitrogens with two attached hydrogens (primary N) is 1. The number of para-hydroxylation sites is 1. The molecule has 0 aliphatic carbocycles. The summed E-state index contributed by atoms with van der Waals surface area (Å²) in [5.41, 5.74) is 8.62. The molecule has 3 N–H and O–H groups in total. The summed E-state index contributed by atoms with van der Waals surface area (Å²) in [7, 11) is 0. The van der Waals surface area contributed by atoms with Gasteiger partial charge in [0.2, 0.25) is 0 Å². The fourth-order valence-electron chi connectivity index (χ4n) is 3.67. The summed E-state index contributed by atoms with van der Waals surface area (Å²) in [6.07, 6.45) is 5.96. The predicted octanol–water partition coefficient (Wildman–Crippen LogP) is 0.101. The molecule has 1 aliphatic rings. The van der Waals surface area contributed by atoms with Gasteiger partial charge < -0.3 is 5.73 Å². The van der Waals surface area contributed by atoms with Crippen LogP contribution in [0.15, 0.2) is 50.9 Å². The number of nitrogens with one attached hydrogen (secondary N) is 1. The summed E-state index contributed by atoms with van der Waals surface area (Å²) in [5.74, 6) is 0. The molecule has 0 spiro atoms. The first kappa shape index (κ1) is 17.3. The average molecular weight is 367 g/mol. The van der Waals surface area contributed by atoms with Gasteiger partial charge in [0.1, 0.15) is 0 Å². The van der Waals surface area contributed by atoms with Gasteiger partial charge in [0.25, 0.3) is 5.56 Å². The number of hydrogen-bond donors (Lipinski definition) is 2. The Kier molecular flexibility index (Phi) is 4.19. The molecule has 1 atom stereocenters. The maximum Gasteiger partial charge on any atom is 0.329 e. The minimum atomic E-state index is -0.450. The van der Waals surface area contributed by atoms with E-state index in [-0.39, 0.29) is 17.3 Å². The van der Waals surface area contributed by atoms with Crippen molar-refractivity contribution in [3.05, 3.63) is 79.0 Å². The lowest BCUT2D eigenvalue weighted by molar-refractivity contribution is 0.521. The number of aromatic nitrogens is 4. The fourth-order valence-corrected chi connectivity index (χ4v) is 3.67. The van der Waals surface area contributed by atoms with E-state index < -0.39 is 5.69 Å². The molecule has 3 aromatic rings. The van der Waals surface area contributed by atoms with Gasteiger partial charge in [0.05, 0.1) is 11.0 Å². The summed E-state index contributed by atoms with van der Waals surface area (Å²) in [4.78, 5) is 38.3. The third-order valence-corrected chi connectivity index (χ3v) is 4.97. The van der Waals surface area contributed by atoms with E-state index in [0.29, 0.717) is 25.2 Å². The van der Waals surface area contributed by atoms with E-state index in [2.05, 4.69) is 4.98 Å². The number of aromatic amines is 1. The predicted molar refractivity (Wildman–Crippen MR) is 103 cm³/mol. The molecule has 8 heteroatoms. The number of H-pyrrole nitrogens is 1. The van der Waals surface area contributed by atoms with Crippen LogP contribution in [-0.2, 0) is 26.1 Å². The molecule has 0 saturated heterocycles. The van der Waals surface area contributed by atoms with Crippen LogP contribution in [0.4, 0.5) is 0 Å². The van der Waals surface area contributed by atoms with Gasteiger partial charge in [-0.1, -0.05) is 24.3 Å². The lowest BCUT2D eigenvalue weighted by Gasteiger charge is -2.19. The molecule has 0 amide bonds. The van der Waals surface area contributed by atoms with Crippen molar-refractivity contribution in [3.8, 4) is 0 Å². The molecular formula is C19H21N5O3. The van der Waals surface area contributed by atoms with Gasteiger partial charge in [-0.15, -0.1) is 0 Å². The molecule has 0 saturated carbocycles. The Morgan fingerprint density at radius 1 is 1.22 bits per heavy atom. The molecule has 140 valence electrons. The SMILES string of the molecule is Cc1cn(C/C=C\Cn2c(=O)n3c4c(cccc42)CC(N)C3)c(=O)[nH]c1=O. The first-order chi connectivity index (χ1) is 13.0. The van der Waals surface area contributed by atoms with E-state index in [1.54, 1.807) is 16.1 Å². The highest BCUT2D eigenvalue weighted by Crippen LogP contribution is 2.23. The number of benzene rings is 1. The van der Waals surface area contributed by atoms with Crippen molar-refractivity contribution < 1.29 is 0 Å². The molecule has 0 fully saturated rings. The molecule has 2 aromatic heterocycles. The number of hydrogen-bond acceptors (Lipinski definition) is 4. The fraction of sp³-hybridized carbons (Fsp3) is 0.316. The van der Waals surface area contributed by atoms with Gasteiger partial charge in [-0.05, 0) is 25.0 Å². The number of allylic oxidation sites excluding steroid dienone is 2. The maximum atomic E-state index is 12.8. The number of aryl methyl sites for hydroxylation is 1. The van der Waals surface area contributed by atoms with Gasteiger partial charge >= 0.3 is 11.4 Å². The zero-order valence-electron chi connectivity index (χ0n) is 15.0. The van der Waals surface area contributed by atoms with Crippen molar-refractivity contribution in [1.29, 1.82) is 0 Å². The molecule has 3 heterocycles. The van der Waals surface area contributed by atoms with Crippen LogP contribution >= 0.6 is 0 Å². The Morgan fingerprint density at radius 2 is 2.00 bits per heavy atom. The minimum Gasteiger partial charge on any atom is -0.326 e. The highest BCUT2D eigenvalue weighted by Gasteiger charge is 2.22. The molecule has 0 radical (unpaired) electrons. The third kappa shape index (κ3) is 2.97. The summed E-state index contributed by atoms with van der Waals surface area (Å²) in [6, 6.07) is 5.85. The summed E-state index contributed by atoms with van der Waals surface area (Å²) < 4.78 is 4.89. The lowest BCUT2D eigenvalue weighted by Crippen LogP contribution is -2.37. The highest BCUT2D eigenvalue weighted by atomic mass is 16.2. The average Bonchev–Trinajstić information content (AvgIpc) is 2.89. The monoisotopic (exact) mass is 367 g/mol. The summed E-state index contributed by atoms with van der Waals surface area (Å²) >= 11 is 0. The second-order valence-electron chi connectivity index (χ2n) is 6.95. The Balaban J connectivity index is 1.61. The normalized spacial score (nSPS) is 16.4. The van der Waals surface area contributed by atoms with E-state index in [1.165, 1.54) is 10.8 Å². The van der Waals surface area contributed by atoms with Crippen LogP contribution in [0.1, 0.15) is 11.1 Å². The Labute approximate surface area is 154 Å². The minimum absolute atomic E-state index is 0.0532. The van der Waals surface area contributed by atoms with Crippen molar-refractivity contribution in [3.63, 3.8) is 0 Å². The molecule has 1 unspecified atom stereocenters. The van der Waals surface area contributed by atoms with Gasteiger partial charge in [0.15, 0.2) is 0 Å². The molecule has 27 heavy (non-hydrogen) atoms. The van der Waals surface area contributed by atoms with Gasteiger partial charge in [0, 0.05) is 37.4 Å². The maximum absolute atomic E-state index is 12.8. The first-order valence-electron chi connectivity index (χ1n) is 8.87. The largest absolute Gasteiger partial charge is 0.329 e. The second-order valence-corrected chi connectivity index (χ2v) is 6.95.